The average Bonchev–Trinajstić information content (AvgIpc) is 2.46. The summed E-state index contributed by atoms with van der Waals surface area (Å²) in [6.07, 6.45) is -0.0673. The van der Waals surface area contributed by atoms with Crippen LogP contribution in [0.1, 0.15) is 24.2 Å². The van der Waals surface area contributed by atoms with E-state index in [1.807, 2.05) is 43.3 Å². The van der Waals surface area contributed by atoms with Gasteiger partial charge in [-0.15, -0.1) is 0 Å². The van der Waals surface area contributed by atoms with Gasteiger partial charge < -0.3 is 4.74 Å². The molecule has 0 heterocycles. The maximum absolute atomic E-state index is 10.9. The second-order valence-corrected chi connectivity index (χ2v) is 5.16. The largest absolute Gasteiger partial charge is 0.369 e. The van der Waals surface area contributed by atoms with Crippen LogP contribution < -0.4 is 0 Å². The first-order chi connectivity index (χ1) is 9.59. The minimum Gasteiger partial charge on any atom is -0.369 e. The molecule has 0 amide bonds. The van der Waals surface area contributed by atoms with Gasteiger partial charge in [-0.3, -0.25) is 10.1 Å². The molecule has 0 aliphatic rings. The normalized spacial score (nSPS) is 12.1. The summed E-state index contributed by atoms with van der Waals surface area (Å²) in [6.45, 7) is 2.28. The fraction of sp³-hybridized carbons (Fsp3) is 0.200. The lowest BCUT2D eigenvalue weighted by atomic mass is 10.1. The Kier molecular flexibility index (Phi) is 4.87. The van der Waals surface area contributed by atoms with E-state index in [4.69, 9.17) is 4.74 Å². The molecule has 2 aromatic rings. The van der Waals surface area contributed by atoms with Gasteiger partial charge in [0.2, 0.25) is 0 Å². The molecule has 20 heavy (non-hydrogen) atoms. The minimum atomic E-state index is -0.409. The van der Waals surface area contributed by atoms with Crippen molar-refractivity contribution in [1.82, 2.24) is 0 Å². The second kappa shape index (κ2) is 6.63. The molecule has 0 radical (unpaired) electrons. The smallest absolute Gasteiger partial charge is 0.283 e. The highest BCUT2D eigenvalue weighted by Gasteiger charge is 2.15. The van der Waals surface area contributed by atoms with Crippen molar-refractivity contribution in [2.24, 2.45) is 0 Å². The van der Waals surface area contributed by atoms with Crippen LogP contribution in [0.5, 0.6) is 0 Å². The fourth-order valence-corrected chi connectivity index (χ4v) is 2.38. The lowest BCUT2D eigenvalue weighted by Crippen LogP contribution is -2.01. The zero-order valence-electron chi connectivity index (χ0n) is 11.0. The summed E-state index contributed by atoms with van der Waals surface area (Å²) >= 11 is 3.27. The molecule has 0 saturated heterocycles. The van der Waals surface area contributed by atoms with E-state index in [-0.39, 0.29) is 11.8 Å². The molecule has 0 aliphatic carbocycles. The van der Waals surface area contributed by atoms with Gasteiger partial charge in [-0.1, -0.05) is 42.5 Å². The summed E-state index contributed by atoms with van der Waals surface area (Å²) in [7, 11) is 0. The Morgan fingerprint density at radius 1 is 1.20 bits per heavy atom. The molecule has 0 spiro atoms. The van der Waals surface area contributed by atoms with Crippen LogP contribution in [-0.4, -0.2) is 4.92 Å². The maximum Gasteiger partial charge on any atom is 0.283 e. The van der Waals surface area contributed by atoms with Crippen LogP contribution in [0.3, 0.4) is 0 Å². The Bertz CT molecular complexity index is 601. The summed E-state index contributed by atoms with van der Waals surface area (Å²) in [5.41, 5.74) is 1.90. The van der Waals surface area contributed by atoms with Crippen molar-refractivity contribution in [2.75, 3.05) is 0 Å². The Morgan fingerprint density at radius 2 is 1.90 bits per heavy atom. The van der Waals surface area contributed by atoms with Crippen molar-refractivity contribution < 1.29 is 9.66 Å². The van der Waals surface area contributed by atoms with Gasteiger partial charge in [-0.05, 0) is 34.0 Å². The molecule has 1 atom stereocenters. The van der Waals surface area contributed by atoms with Gasteiger partial charge in [0.05, 0.1) is 17.6 Å². The van der Waals surface area contributed by atoms with Gasteiger partial charge in [0.25, 0.3) is 5.69 Å². The SMILES string of the molecule is CC(OCc1cccc([N+](=O)[O-])c1Br)c1ccccc1. The van der Waals surface area contributed by atoms with E-state index >= 15 is 0 Å². The lowest BCUT2D eigenvalue weighted by Gasteiger charge is -2.14. The van der Waals surface area contributed by atoms with Crippen LogP contribution in [-0.2, 0) is 11.3 Å². The number of benzene rings is 2. The maximum atomic E-state index is 10.9. The van der Waals surface area contributed by atoms with E-state index in [1.54, 1.807) is 6.07 Å². The summed E-state index contributed by atoms with van der Waals surface area (Å²) in [5.74, 6) is 0. The van der Waals surface area contributed by atoms with Gasteiger partial charge in [0.15, 0.2) is 0 Å². The highest BCUT2D eigenvalue weighted by Crippen LogP contribution is 2.29. The Hall–Kier alpha value is -1.72. The molecule has 1 unspecified atom stereocenters. The topological polar surface area (TPSA) is 52.4 Å². The minimum absolute atomic E-state index is 0.0541. The van der Waals surface area contributed by atoms with E-state index in [2.05, 4.69) is 15.9 Å². The average molecular weight is 336 g/mol. The molecule has 2 rings (SSSR count). The fourth-order valence-electron chi connectivity index (χ4n) is 1.85. The summed E-state index contributed by atoms with van der Waals surface area (Å²) in [5, 5.41) is 10.9. The van der Waals surface area contributed by atoms with Crippen LogP contribution >= 0.6 is 15.9 Å². The van der Waals surface area contributed by atoms with E-state index in [0.717, 1.165) is 11.1 Å². The molecule has 0 aliphatic heterocycles. The summed E-state index contributed by atoms with van der Waals surface area (Å²) in [6, 6.07) is 14.8. The van der Waals surface area contributed by atoms with Crippen LogP contribution in [0.4, 0.5) is 5.69 Å². The Morgan fingerprint density at radius 3 is 2.55 bits per heavy atom. The Labute approximate surface area is 125 Å². The van der Waals surface area contributed by atoms with Crippen LogP contribution in [0.15, 0.2) is 53.0 Å². The number of ether oxygens (including phenoxy) is 1. The number of nitro groups is 1. The zero-order chi connectivity index (χ0) is 14.5. The van der Waals surface area contributed by atoms with Crippen molar-refractivity contribution in [3.8, 4) is 0 Å². The number of hydrogen-bond acceptors (Lipinski definition) is 3. The third-order valence-corrected chi connectivity index (χ3v) is 3.93. The van der Waals surface area contributed by atoms with E-state index in [9.17, 15) is 10.1 Å². The molecule has 0 fully saturated rings. The zero-order valence-corrected chi connectivity index (χ0v) is 12.5. The number of nitro benzene ring substituents is 1. The van der Waals surface area contributed by atoms with E-state index in [1.165, 1.54) is 6.07 Å². The number of nitrogens with zero attached hydrogens (tertiary/aromatic N) is 1. The Balaban J connectivity index is 2.08. The number of hydrogen-bond donors (Lipinski definition) is 0. The molecule has 0 aromatic heterocycles. The second-order valence-electron chi connectivity index (χ2n) is 4.37. The van der Waals surface area contributed by atoms with E-state index in [0.29, 0.717) is 11.1 Å². The highest BCUT2D eigenvalue weighted by molar-refractivity contribution is 9.10. The van der Waals surface area contributed by atoms with E-state index < -0.39 is 4.92 Å². The molecule has 104 valence electrons. The van der Waals surface area contributed by atoms with Crippen LogP contribution in [0, 0.1) is 10.1 Å². The van der Waals surface area contributed by atoms with Crippen molar-refractivity contribution in [1.29, 1.82) is 0 Å². The molecular weight excluding hydrogens is 322 g/mol. The first-order valence-corrected chi connectivity index (χ1v) is 6.97. The molecule has 0 bridgehead atoms. The van der Waals surface area contributed by atoms with Gasteiger partial charge in [-0.25, -0.2) is 0 Å². The van der Waals surface area contributed by atoms with Gasteiger partial charge in [0, 0.05) is 6.07 Å². The van der Waals surface area contributed by atoms with Crippen molar-refractivity contribution in [2.45, 2.75) is 19.6 Å². The van der Waals surface area contributed by atoms with Crippen LogP contribution in [0.25, 0.3) is 0 Å². The molecule has 4 nitrogen and oxygen atoms in total. The highest BCUT2D eigenvalue weighted by atomic mass is 79.9. The molecule has 0 saturated carbocycles. The lowest BCUT2D eigenvalue weighted by molar-refractivity contribution is -0.385. The van der Waals surface area contributed by atoms with Gasteiger partial charge >= 0.3 is 0 Å². The molecule has 0 N–H and O–H groups in total. The molecular formula is C15H14BrNO3. The standard InChI is InChI=1S/C15H14BrNO3/c1-11(12-6-3-2-4-7-12)20-10-13-8-5-9-14(15(13)16)17(18)19/h2-9,11H,10H2,1H3. The predicted octanol–water partition coefficient (Wildman–Crippen LogP) is 4.64. The van der Waals surface area contributed by atoms with Crippen molar-refractivity contribution in [3.63, 3.8) is 0 Å². The third-order valence-electron chi connectivity index (χ3n) is 3.01. The van der Waals surface area contributed by atoms with Crippen molar-refractivity contribution >= 4 is 21.6 Å². The van der Waals surface area contributed by atoms with Gasteiger partial charge in [0.1, 0.15) is 4.47 Å². The third kappa shape index (κ3) is 3.43. The summed E-state index contributed by atoms with van der Waals surface area (Å²) in [4.78, 5) is 10.5. The predicted molar refractivity (Wildman–Crippen MR) is 80.4 cm³/mol. The van der Waals surface area contributed by atoms with Crippen molar-refractivity contribution in [3.05, 3.63) is 74.2 Å². The summed E-state index contributed by atoms with van der Waals surface area (Å²) < 4.78 is 6.25. The first-order valence-electron chi connectivity index (χ1n) is 6.18. The number of rotatable bonds is 5. The number of halogens is 1. The van der Waals surface area contributed by atoms with Crippen LogP contribution in [0.2, 0.25) is 0 Å². The quantitative estimate of drug-likeness (QED) is 0.591. The molecule has 2 aromatic carbocycles. The molecule has 5 heteroatoms. The van der Waals surface area contributed by atoms with Gasteiger partial charge in [-0.2, -0.15) is 0 Å². The monoisotopic (exact) mass is 335 g/mol. The first kappa shape index (κ1) is 14.7.